The number of nitrogens with one attached hydrogen (secondary N) is 2. The molecule has 3 N–H and O–H groups in total. The minimum atomic E-state index is -3.84. The van der Waals surface area contributed by atoms with Gasteiger partial charge >= 0.3 is 6.03 Å². The van der Waals surface area contributed by atoms with Crippen molar-refractivity contribution in [2.75, 3.05) is 12.4 Å². The molecule has 0 bridgehead atoms. The summed E-state index contributed by atoms with van der Waals surface area (Å²) in [5.41, 5.74) is 1.07. The Kier molecular flexibility index (Phi) is 5.69. The number of methoxy groups -OCH3 is 1. The smallest absolute Gasteiger partial charge is 0.319 e. The summed E-state index contributed by atoms with van der Waals surface area (Å²) in [4.78, 5) is 11.9. The molecule has 0 spiro atoms. The van der Waals surface area contributed by atoms with E-state index in [2.05, 4.69) is 16.7 Å². The third kappa shape index (κ3) is 3.93. The summed E-state index contributed by atoms with van der Waals surface area (Å²) in [6.45, 7) is 1.94. The Morgan fingerprint density at radius 3 is 2.63 bits per heavy atom. The zero-order valence-electron chi connectivity index (χ0n) is 15.2. The average Bonchev–Trinajstić information content (AvgIpc) is 2.94. The van der Waals surface area contributed by atoms with Gasteiger partial charge < -0.3 is 20.5 Å². The summed E-state index contributed by atoms with van der Waals surface area (Å²) in [6, 6.07) is 2.16. The number of hydrogen-bond donors (Lipinski definition) is 3. The van der Waals surface area contributed by atoms with E-state index in [-0.39, 0.29) is 27.8 Å². The van der Waals surface area contributed by atoms with Gasteiger partial charge in [0.15, 0.2) is 15.6 Å². The van der Waals surface area contributed by atoms with Crippen molar-refractivity contribution in [3.63, 3.8) is 0 Å². The number of allylic oxidation sites excluding steroid dienone is 1. The molecule has 2 aliphatic carbocycles. The van der Waals surface area contributed by atoms with Crippen LogP contribution in [0.15, 0.2) is 28.7 Å². The topological polar surface area (TPSA) is 105 Å². The maximum Gasteiger partial charge on any atom is 0.319 e. The van der Waals surface area contributed by atoms with E-state index in [1.54, 1.807) is 0 Å². The molecule has 7 nitrogen and oxygen atoms in total. The number of carbonyl (C=O) groups is 1. The summed E-state index contributed by atoms with van der Waals surface area (Å²) in [6.07, 6.45) is 4.35. The van der Waals surface area contributed by atoms with Gasteiger partial charge in [0.2, 0.25) is 0 Å². The second-order valence-corrected chi connectivity index (χ2v) is 9.52. The average molecular weight is 415 g/mol. The lowest BCUT2D eigenvalue weighted by Crippen LogP contribution is -2.40. The van der Waals surface area contributed by atoms with Crippen LogP contribution in [-0.2, 0) is 14.6 Å². The van der Waals surface area contributed by atoms with Gasteiger partial charge in [0.1, 0.15) is 4.90 Å². The van der Waals surface area contributed by atoms with Crippen molar-refractivity contribution >= 4 is 33.2 Å². The monoisotopic (exact) mass is 414 g/mol. The van der Waals surface area contributed by atoms with E-state index >= 15 is 0 Å². The lowest BCUT2D eigenvalue weighted by atomic mass is 9.95. The lowest BCUT2D eigenvalue weighted by molar-refractivity contribution is 0.0436. The van der Waals surface area contributed by atoms with E-state index in [0.717, 1.165) is 18.4 Å². The fraction of sp³-hybridized carbons (Fsp3) is 0.500. The normalized spacial score (nSPS) is 24.9. The van der Waals surface area contributed by atoms with Crippen LogP contribution in [0.25, 0.3) is 0 Å². The number of urea groups is 1. The molecule has 0 aliphatic heterocycles. The van der Waals surface area contributed by atoms with Gasteiger partial charge in [-0.25, -0.2) is 13.2 Å². The van der Waals surface area contributed by atoms with Crippen LogP contribution in [0, 0.1) is 0 Å². The first kappa shape index (κ1) is 20.0. The highest BCUT2D eigenvalue weighted by Crippen LogP contribution is 2.42. The van der Waals surface area contributed by atoms with Crippen molar-refractivity contribution in [2.45, 2.75) is 54.9 Å². The fourth-order valence-electron chi connectivity index (χ4n) is 3.40. The van der Waals surface area contributed by atoms with Crippen LogP contribution < -0.4 is 10.6 Å². The number of anilines is 1. The van der Waals surface area contributed by atoms with Gasteiger partial charge in [-0.2, -0.15) is 0 Å². The van der Waals surface area contributed by atoms with Crippen molar-refractivity contribution in [2.24, 2.45) is 0 Å². The maximum atomic E-state index is 12.8. The molecule has 27 heavy (non-hydrogen) atoms. The van der Waals surface area contributed by atoms with Crippen LogP contribution in [0.4, 0.5) is 10.5 Å². The largest absolute Gasteiger partial charge is 0.504 e. The first-order valence-corrected chi connectivity index (χ1v) is 10.7. The number of aromatic hydroxyl groups is 1. The Hall–Kier alpha value is -1.77. The van der Waals surface area contributed by atoms with Gasteiger partial charge in [-0.15, -0.1) is 0 Å². The van der Waals surface area contributed by atoms with Crippen molar-refractivity contribution in [1.29, 1.82) is 0 Å². The number of hydrogen-bond acceptors (Lipinski definition) is 5. The molecule has 1 saturated carbocycles. The van der Waals surface area contributed by atoms with Crippen molar-refractivity contribution in [3.05, 3.63) is 28.8 Å². The molecule has 1 unspecified atom stereocenters. The molecule has 3 rings (SSSR count). The predicted octanol–water partition coefficient (Wildman–Crippen LogP) is 3.23. The molecular formula is C18H23ClN2O5S. The Morgan fingerprint density at radius 2 is 2.04 bits per heavy atom. The van der Waals surface area contributed by atoms with Gasteiger partial charge in [-0.1, -0.05) is 23.3 Å². The molecule has 2 amide bonds. The van der Waals surface area contributed by atoms with Crippen molar-refractivity contribution < 1.29 is 23.1 Å². The van der Waals surface area contributed by atoms with E-state index < -0.39 is 26.9 Å². The number of carbonyl (C=O) groups excluding carboxylic acids is 1. The minimum absolute atomic E-state index is 0.00211. The van der Waals surface area contributed by atoms with Crippen LogP contribution in [0.1, 0.15) is 32.6 Å². The highest BCUT2D eigenvalue weighted by molar-refractivity contribution is 7.92. The van der Waals surface area contributed by atoms with Crippen LogP contribution >= 0.6 is 11.6 Å². The second-order valence-electron chi connectivity index (χ2n) is 6.95. The second kappa shape index (κ2) is 7.69. The molecule has 2 aliphatic rings. The SMILES string of the molecule is COC1CC(S(=O)(=O)c2c(Cl)ccc(NC(=O)NC3CCC=C3C)c2O)C1. The van der Waals surface area contributed by atoms with Crippen LogP contribution in [0.3, 0.4) is 0 Å². The highest BCUT2D eigenvalue weighted by Gasteiger charge is 2.42. The number of phenols is 1. The Morgan fingerprint density at radius 1 is 1.33 bits per heavy atom. The predicted molar refractivity (Wildman–Crippen MR) is 103 cm³/mol. The van der Waals surface area contributed by atoms with E-state index in [0.29, 0.717) is 12.8 Å². The summed E-state index contributed by atoms with van der Waals surface area (Å²) >= 11 is 6.07. The first-order valence-electron chi connectivity index (χ1n) is 8.76. The number of rotatable bonds is 5. The molecule has 0 aromatic heterocycles. The Bertz CT molecular complexity index is 878. The summed E-state index contributed by atoms with van der Waals surface area (Å²) in [7, 11) is -2.31. The quantitative estimate of drug-likeness (QED) is 0.506. The number of sulfone groups is 1. The molecule has 1 atom stereocenters. The molecular weight excluding hydrogens is 392 g/mol. The third-order valence-corrected chi connectivity index (χ3v) is 7.89. The van der Waals surface area contributed by atoms with Gasteiger partial charge in [-0.3, -0.25) is 0 Å². The van der Waals surface area contributed by atoms with E-state index in [9.17, 15) is 18.3 Å². The van der Waals surface area contributed by atoms with Gasteiger partial charge in [0.05, 0.1) is 28.1 Å². The molecule has 0 heterocycles. The van der Waals surface area contributed by atoms with Gasteiger partial charge in [0, 0.05) is 7.11 Å². The Labute approximate surface area is 163 Å². The Balaban J connectivity index is 1.79. The van der Waals surface area contributed by atoms with E-state index in [4.69, 9.17) is 16.3 Å². The molecule has 1 fully saturated rings. The number of halogens is 1. The highest BCUT2D eigenvalue weighted by atomic mass is 35.5. The van der Waals surface area contributed by atoms with E-state index in [1.165, 1.54) is 19.2 Å². The fourth-order valence-corrected chi connectivity index (χ4v) is 5.86. The van der Waals surface area contributed by atoms with Crippen LogP contribution in [-0.4, -0.2) is 44.1 Å². The zero-order valence-corrected chi connectivity index (χ0v) is 16.7. The molecule has 9 heteroatoms. The zero-order chi connectivity index (χ0) is 19.8. The number of amides is 2. The van der Waals surface area contributed by atoms with Crippen LogP contribution in [0.2, 0.25) is 5.02 Å². The van der Waals surface area contributed by atoms with Gasteiger partial charge in [-0.05, 0) is 44.7 Å². The van der Waals surface area contributed by atoms with E-state index in [1.807, 2.05) is 6.92 Å². The van der Waals surface area contributed by atoms with Crippen LogP contribution in [0.5, 0.6) is 5.75 Å². The summed E-state index contributed by atoms with van der Waals surface area (Å²) in [5, 5.41) is 15.1. The molecule has 1 aromatic carbocycles. The minimum Gasteiger partial charge on any atom is -0.504 e. The molecule has 0 radical (unpaired) electrons. The standard InChI is InChI=1S/C18H23ClN2O5S/c1-10-4-3-5-14(10)20-18(23)21-15-7-6-13(19)17(16(15)22)27(24,25)12-8-11(9-12)26-2/h4,6-7,11-12,14,22H,3,5,8-9H2,1-2H3,(H2,20,21,23). The van der Waals surface area contributed by atoms with Crippen molar-refractivity contribution in [3.8, 4) is 5.75 Å². The number of benzene rings is 1. The molecule has 148 valence electrons. The number of ether oxygens (including phenoxy) is 1. The van der Waals surface area contributed by atoms with Crippen molar-refractivity contribution in [1.82, 2.24) is 5.32 Å². The molecule has 0 saturated heterocycles. The number of phenolic OH excluding ortho intramolecular Hbond substituents is 1. The molecule has 1 aromatic rings. The maximum absolute atomic E-state index is 12.8. The lowest BCUT2D eigenvalue weighted by Gasteiger charge is -2.33. The first-order chi connectivity index (χ1) is 12.7. The summed E-state index contributed by atoms with van der Waals surface area (Å²) < 4.78 is 30.8. The van der Waals surface area contributed by atoms with Gasteiger partial charge in [0.25, 0.3) is 0 Å². The third-order valence-electron chi connectivity index (χ3n) is 5.22. The summed E-state index contributed by atoms with van der Waals surface area (Å²) in [5.74, 6) is -0.544.